The Morgan fingerprint density at radius 1 is 1.20 bits per heavy atom. The van der Waals surface area contributed by atoms with Crippen LogP contribution in [0.4, 0.5) is 0 Å². The van der Waals surface area contributed by atoms with Crippen molar-refractivity contribution in [3.63, 3.8) is 0 Å². The molecular formula is C12H8BrNO. The van der Waals surface area contributed by atoms with E-state index in [0.29, 0.717) is 5.56 Å². The number of ether oxygens (including phenoxy) is 1. The van der Waals surface area contributed by atoms with Crippen LogP contribution in [0.5, 0.6) is 5.75 Å². The van der Waals surface area contributed by atoms with E-state index < -0.39 is 0 Å². The molecule has 0 atom stereocenters. The molecule has 2 aromatic carbocycles. The second-order valence-corrected chi connectivity index (χ2v) is 3.97. The first-order chi connectivity index (χ1) is 7.26. The van der Waals surface area contributed by atoms with Crippen LogP contribution >= 0.6 is 15.9 Å². The Morgan fingerprint density at radius 2 is 2.00 bits per heavy atom. The first-order valence-corrected chi connectivity index (χ1v) is 5.22. The lowest BCUT2D eigenvalue weighted by atomic mass is 10.1. The molecule has 0 aliphatic heterocycles. The molecule has 3 heteroatoms. The fourth-order valence-electron chi connectivity index (χ4n) is 1.51. The van der Waals surface area contributed by atoms with Gasteiger partial charge >= 0.3 is 0 Å². The highest BCUT2D eigenvalue weighted by Crippen LogP contribution is 2.29. The Labute approximate surface area is 96.2 Å². The SMILES string of the molecule is COc1ccc2c(Br)ccc(C#N)c2c1. The fourth-order valence-corrected chi connectivity index (χ4v) is 1.99. The van der Waals surface area contributed by atoms with Crippen LogP contribution in [-0.2, 0) is 0 Å². The Kier molecular flexibility index (Phi) is 2.61. The number of nitriles is 1. The van der Waals surface area contributed by atoms with Crippen molar-refractivity contribution >= 4 is 26.7 Å². The van der Waals surface area contributed by atoms with Crippen LogP contribution in [0, 0.1) is 11.3 Å². The normalized spacial score (nSPS) is 9.93. The number of halogens is 1. The minimum Gasteiger partial charge on any atom is -0.497 e. The van der Waals surface area contributed by atoms with Gasteiger partial charge in [0.15, 0.2) is 0 Å². The summed E-state index contributed by atoms with van der Waals surface area (Å²) in [7, 11) is 1.62. The highest BCUT2D eigenvalue weighted by atomic mass is 79.9. The summed E-state index contributed by atoms with van der Waals surface area (Å²) in [6, 6.07) is 11.6. The zero-order valence-electron chi connectivity index (χ0n) is 8.12. The third kappa shape index (κ3) is 1.69. The molecule has 0 aliphatic carbocycles. The number of benzene rings is 2. The summed E-state index contributed by atoms with van der Waals surface area (Å²) in [6.45, 7) is 0. The minimum atomic E-state index is 0.659. The van der Waals surface area contributed by atoms with Gasteiger partial charge in [-0.2, -0.15) is 5.26 Å². The molecule has 0 heterocycles. The molecule has 0 saturated carbocycles. The fraction of sp³-hybridized carbons (Fsp3) is 0.0833. The van der Waals surface area contributed by atoms with Crippen LogP contribution in [-0.4, -0.2) is 7.11 Å². The van der Waals surface area contributed by atoms with E-state index in [-0.39, 0.29) is 0 Å². The van der Waals surface area contributed by atoms with Crippen molar-refractivity contribution in [2.75, 3.05) is 7.11 Å². The quantitative estimate of drug-likeness (QED) is 0.788. The maximum absolute atomic E-state index is 8.98. The average molecular weight is 262 g/mol. The summed E-state index contributed by atoms with van der Waals surface area (Å²) >= 11 is 3.46. The molecule has 15 heavy (non-hydrogen) atoms. The zero-order valence-corrected chi connectivity index (χ0v) is 9.71. The number of fused-ring (bicyclic) bond motifs is 1. The second kappa shape index (κ2) is 3.92. The van der Waals surface area contributed by atoms with Gasteiger partial charge in [0, 0.05) is 9.86 Å². The number of nitrogens with zero attached hydrogens (tertiary/aromatic N) is 1. The first kappa shape index (κ1) is 10.0. The lowest BCUT2D eigenvalue weighted by Gasteiger charge is -2.05. The molecule has 74 valence electrons. The van der Waals surface area contributed by atoms with Crippen molar-refractivity contribution < 1.29 is 4.74 Å². The van der Waals surface area contributed by atoms with Gasteiger partial charge in [-0.1, -0.05) is 15.9 Å². The van der Waals surface area contributed by atoms with Crippen molar-refractivity contribution in [1.82, 2.24) is 0 Å². The van der Waals surface area contributed by atoms with E-state index in [1.807, 2.05) is 24.3 Å². The molecule has 0 aliphatic rings. The maximum Gasteiger partial charge on any atom is 0.119 e. The minimum absolute atomic E-state index is 0.659. The van der Waals surface area contributed by atoms with Crippen molar-refractivity contribution in [2.24, 2.45) is 0 Å². The van der Waals surface area contributed by atoms with E-state index in [0.717, 1.165) is 21.0 Å². The highest BCUT2D eigenvalue weighted by molar-refractivity contribution is 9.10. The number of hydrogen-bond donors (Lipinski definition) is 0. The number of methoxy groups -OCH3 is 1. The van der Waals surface area contributed by atoms with Gasteiger partial charge < -0.3 is 4.74 Å². The predicted molar refractivity (Wildman–Crippen MR) is 62.9 cm³/mol. The molecule has 0 fully saturated rings. The van der Waals surface area contributed by atoms with Gasteiger partial charge in [-0.15, -0.1) is 0 Å². The molecule has 0 spiro atoms. The van der Waals surface area contributed by atoms with E-state index in [4.69, 9.17) is 10.00 Å². The molecule has 0 aromatic heterocycles. The van der Waals surface area contributed by atoms with Crippen LogP contribution < -0.4 is 4.74 Å². The summed E-state index contributed by atoms with van der Waals surface area (Å²) in [5.41, 5.74) is 0.659. The molecular weight excluding hydrogens is 254 g/mol. The zero-order chi connectivity index (χ0) is 10.8. The standard InChI is InChI=1S/C12H8BrNO/c1-15-9-3-4-10-11(6-9)8(7-14)2-5-12(10)13/h2-6H,1H3. The van der Waals surface area contributed by atoms with Crippen LogP contribution in [0.2, 0.25) is 0 Å². The van der Waals surface area contributed by atoms with Crippen LogP contribution in [0.15, 0.2) is 34.8 Å². The maximum atomic E-state index is 8.98. The molecule has 0 bridgehead atoms. The van der Waals surface area contributed by atoms with Crippen molar-refractivity contribution in [1.29, 1.82) is 5.26 Å². The van der Waals surface area contributed by atoms with Gasteiger partial charge in [0.2, 0.25) is 0 Å². The number of hydrogen-bond acceptors (Lipinski definition) is 2. The summed E-state index contributed by atoms with van der Waals surface area (Å²) in [5.74, 6) is 0.761. The largest absolute Gasteiger partial charge is 0.497 e. The van der Waals surface area contributed by atoms with E-state index in [1.54, 1.807) is 13.2 Å². The lowest BCUT2D eigenvalue weighted by molar-refractivity contribution is 0.415. The second-order valence-electron chi connectivity index (χ2n) is 3.12. The molecule has 0 unspecified atom stereocenters. The Hall–Kier alpha value is -1.53. The molecule has 2 aromatic rings. The van der Waals surface area contributed by atoms with E-state index in [1.165, 1.54) is 0 Å². The van der Waals surface area contributed by atoms with E-state index in [9.17, 15) is 0 Å². The predicted octanol–water partition coefficient (Wildman–Crippen LogP) is 3.48. The summed E-state index contributed by atoms with van der Waals surface area (Å²) < 4.78 is 6.12. The van der Waals surface area contributed by atoms with E-state index in [2.05, 4.69) is 22.0 Å². The van der Waals surface area contributed by atoms with Gasteiger partial charge in [-0.05, 0) is 35.7 Å². The summed E-state index contributed by atoms with van der Waals surface area (Å²) in [5, 5.41) is 10.9. The Morgan fingerprint density at radius 3 is 2.67 bits per heavy atom. The third-order valence-corrected chi connectivity index (χ3v) is 2.98. The first-order valence-electron chi connectivity index (χ1n) is 4.42. The van der Waals surface area contributed by atoms with Crippen LogP contribution in [0.3, 0.4) is 0 Å². The van der Waals surface area contributed by atoms with Crippen molar-refractivity contribution in [3.8, 4) is 11.8 Å². The topological polar surface area (TPSA) is 33.0 Å². The molecule has 0 amide bonds. The Bertz CT molecular complexity index is 557. The monoisotopic (exact) mass is 261 g/mol. The summed E-state index contributed by atoms with van der Waals surface area (Å²) in [4.78, 5) is 0. The van der Waals surface area contributed by atoms with Gasteiger partial charge in [0.25, 0.3) is 0 Å². The van der Waals surface area contributed by atoms with E-state index >= 15 is 0 Å². The van der Waals surface area contributed by atoms with Gasteiger partial charge in [0.1, 0.15) is 5.75 Å². The molecule has 0 N–H and O–H groups in total. The molecule has 2 nitrogen and oxygen atoms in total. The summed E-state index contributed by atoms with van der Waals surface area (Å²) in [6.07, 6.45) is 0. The highest BCUT2D eigenvalue weighted by Gasteiger charge is 2.05. The van der Waals surface area contributed by atoms with Gasteiger partial charge in [-0.25, -0.2) is 0 Å². The molecule has 0 radical (unpaired) electrons. The number of rotatable bonds is 1. The average Bonchev–Trinajstić information content (AvgIpc) is 2.29. The van der Waals surface area contributed by atoms with Crippen molar-refractivity contribution in [2.45, 2.75) is 0 Å². The molecule has 2 rings (SSSR count). The Balaban J connectivity index is 2.84. The van der Waals surface area contributed by atoms with Crippen LogP contribution in [0.1, 0.15) is 5.56 Å². The van der Waals surface area contributed by atoms with Crippen LogP contribution in [0.25, 0.3) is 10.8 Å². The smallest absolute Gasteiger partial charge is 0.119 e. The molecule has 0 saturated heterocycles. The van der Waals surface area contributed by atoms with Crippen molar-refractivity contribution in [3.05, 3.63) is 40.4 Å². The third-order valence-electron chi connectivity index (χ3n) is 2.29. The van der Waals surface area contributed by atoms with Gasteiger partial charge in [0.05, 0.1) is 18.7 Å². The lowest BCUT2D eigenvalue weighted by Crippen LogP contribution is -1.85. The van der Waals surface area contributed by atoms with Gasteiger partial charge in [-0.3, -0.25) is 0 Å².